The molecule has 5 nitrogen and oxygen atoms in total. The molecular weight excluding hydrogens is 370 g/mol. The highest BCUT2D eigenvalue weighted by molar-refractivity contribution is 9.10. The highest BCUT2D eigenvalue weighted by atomic mass is 79.9. The minimum atomic E-state index is 0.580. The van der Waals surface area contributed by atoms with Crippen LogP contribution in [-0.2, 0) is 6.54 Å². The van der Waals surface area contributed by atoms with Crippen molar-refractivity contribution < 1.29 is 9.47 Å². The monoisotopic (exact) mass is 391 g/mol. The maximum absolute atomic E-state index is 5.59. The Kier molecular flexibility index (Phi) is 6.93. The lowest BCUT2D eigenvalue weighted by Gasteiger charge is -2.14. The molecule has 0 saturated heterocycles. The number of nitrogens with one attached hydrogen (secondary N) is 2. The summed E-state index contributed by atoms with van der Waals surface area (Å²) in [6.07, 6.45) is 0. The molecule has 0 aliphatic carbocycles. The van der Waals surface area contributed by atoms with Crippen LogP contribution in [0.3, 0.4) is 0 Å². The number of methoxy groups -OCH3 is 1. The van der Waals surface area contributed by atoms with Crippen molar-refractivity contribution in [2.45, 2.75) is 13.5 Å². The summed E-state index contributed by atoms with van der Waals surface area (Å²) in [4.78, 5) is 4.25. The van der Waals surface area contributed by atoms with Gasteiger partial charge in [-0.15, -0.1) is 0 Å². The first-order chi connectivity index (χ1) is 11.7. The molecule has 2 rings (SSSR count). The minimum absolute atomic E-state index is 0.580. The Bertz CT molecular complexity index is 687. The number of ether oxygens (including phenoxy) is 2. The van der Waals surface area contributed by atoms with Crippen molar-refractivity contribution in [1.29, 1.82) is 0 Å². The molecule has 6 heteroatoms. The Morgan fingerprint density at radius 1 is 1.12 bits per heavy atom. The summed E-state index contributed by atoms with van der Waals surface area (Å²) in [6.45, 7) is 3.20. The van der Waals surface area contributed by atoms with Gasteiger partial charge in [0.25, 0.3) is 0 Å². The van der Waals surface area contributed by atoms with Gasteiger partial charge in [-0.05, 0) is 36.8 Å². The third kappa shape index (κ3) is 5.16. The summed E-state index contributed by atoms with van der Waals surface area (Å²) in [5, 5.41) is 6.54. The van der Waals surface area contributed by atoms with Crippen LogP contribution < -0.4 is 20.1 Å². The zero-order chi connectivity index (χ0) is 17.4. The Labute approximate surface area is 151 Å². The molecule has 24 heavy (non-hydrogen) atoms. The van der Waals surface area contributed by atoms with Crippen molar-refractivity contribution in [2.24, 2.45) is 4.99 Å². The van der Waals surface area contributed by atoms with Crippen LogP contribution in [0, 0.1) is 0 Å². The number of halogens is 1. The normalized spacial score (nSPS) is 11.1. The molecule has 2 aromatic rings. The molecule has 0 aliphatic heterocycles. The second-order valence-electron chi connectivity index (χ2n) is 4.98. The number of guanidine groups is 1. The predicted octanol–water partition coefficient (Wildman–Crippen LogP) is 4.04. The first-order valence-electron chi connectivity index (χ1n) is 7.69. The Balaban J connectivity index is 2.02. The summed E-state index contributed by atoms with van der Waals surface area (Å²) in [7, 11) is 3.37. The summed E-state index contributed by atoms with van der Waals surface area (Å²) in [6, 6.07) is 13.9. The second-order valence-corrected chi connectivity index (χ2v) is 5.89. The van der Waals surface area contributed by atoms with E-state index in [1.807, 2.05) is 37.3 Å². The SMILES string of the molecule is CCOc1cc(NC(=NC)NCc2ccc(Br)cc2)ccc1OC. The summed E-state index contributed by atoms with van der Waals surface area (Å²) < 4.78 is 12.0. The fourth-order valence-electron chi connectivity index (χ4n) is 2.13. The van der Waals surface area contributed by atoms with Crippen molar-refractivity contribution in [3.63, 3.8) is 0 Å². The average molecular weight is 392 g/mol. The van der Waals surface area contributed by atoms with E-state index in [1.54, 1.807) is 14.2 Å². The topological polar surface area (TPSA) is 54.9 Å². The zero-order valence-corrected chi connectivity index (χ0v) is 15.7. The third-order valence-corrected chi connectivity index (χ3v) is 3.85. The van der Waals surface area contributed by atoms with E-state index in [0.717, 1.165) is 10.2 Å². The lowest BCUT2D eigenvalue weighted by molar-refractivity contribution is 0.311. The molecule has 0 spiro atoms. The highest BCUT2D eigenvalue weighted by Gasteiger charge is 2.07. The van der Waals surface area contributed by atoms with Gasteiger partial charge in [-0.25, -0.2) is 0 Å². The maximum Gasteiger partial charge on any atom is 0.195 e. The van der Waals surface area contributed by atoms with E-state index in [1.165, 1.54) is 5.56 Å². The fourth-order valence-corrected chi connectivity index (χ4v) is 2.39. The van der Waals surface area contributed by atoms with Gasteiger partial charge in [0.05, 0.1) is 13.7 Å². The summed E-state index contributed by atoms with van der Waals surface area (Å²) in [5.41, 5.74) is 2.05. The first-order valence-corrected chi connectivity index (χ1v) is 8.48. The standard InChI is InChI=1S/C18H22BrN3O2/c1-4-24-17-11-15(9-10-16(17)23-3)22-18(20-2)21-12-13-5-7-14(19)8-6-13/h5-11H,4,12H2,1-3H3,(H2,20,21,22). The largest absolute Gasteiger partial charge is 0.493 e. The molecule has 0 bridgehead atoms. The average Bonchev–Trinajstić information content (AvgIpc) is 2.60. The highest BCUT2D eigenvalue weighted by Crippen LogP contribution is 2.30. The van der Waals surface area contributed by atoms with Crippen LogP contribution >= 0.6 is 15.9 Å². The van der Waals surface area contributed by atoms with Crippen LogP contribution in [0.1, 0.15) is 12.5 Å². The smallest absolute Gasteiger partial charge is 0.195 e. The summed E-state index contributed by atoms with van der Waals surface area (Å²) in [5.74, 6) is 2.10. The van der Waals surface area contributed by atoms with Crippen molar-refractivity contribution in [3.8, 4) is 11.5 Å². The minimum Gasteiger partial charge on any atom is -0.493 e. The number of benzene rings is 2. The zero-order valence-electron chi connectivity index (χ0n) is 14.1. The van der Waals surface area contributed by atoms with Gasteiger partial charge in [0.1, 0.15) is 0 Å². The van der Waals surface area contributed by atoms with Crippen LogP contribution in [0.5, 0.6) is 11.5 Å². The van der Waals surface area contributed by atoms with Crippen LogP contribution in [0.25, 0.3) is 0 Å². The van der Waals surface area contributed by atoms with E-state index in [0.29, 0.717) is 30.6 Å². The number of hydrogen-bond donors (Lipinski definition) is 2. The fraction of sp³-hybridized carbons (Fsp3) is 0.278. The van der Waals surface area contributed by atoms with Gasteiger partial charge >= 0.3 is 0 Å². The number of hydrogen-bond acceptors (Lipinski definition) is 3. The van der Waals surface area contributed by atoms with Crippen molar-refractivity contribution in [1.82, 2.24) is 5.32 Å². The molecule has 2 N–H and O–H groups in total. The van der Waals surface area contributed by atoms with Crippen LogP contribution in [-0.4, -0.2) is 26.7 Å². The second kappa shape index (κ2) is 9.17. The molecule has 0 fully saturated rings. The number of nitrogens with zero attached hydrogens (tertiary/aromatic N) is 1. The number of rotatable bonds is 6. The Morgan fingerprint density at radius 2 is 1.88 bits per heavy atom. The molecule has 0 atom stereocenters. The summed E-state index contributed by atoms with van der Waals surface area (Å²) >= 11 is 3.44. The molecule has 0 saturated carbocycles. The molecule has 0 amide bonds. The van der Waals surface area contributed by atoms with Gasteiger partial charge in [-0.2, -0.15) is 0 Å². The third-order valence-electron chi connectivity index (χ3n) is 3.32. The molecule has 0 aliphatic rings. The lowest BCUT2D eigenvalue weighted by Crippen LogP contribution is -2.30. The quantitative estimate of drug-likeness (QED) is 0.576. The predicted molar refractivity (Wildman–Crippen MR) is 102 cm³/mol. The van der Waals surface area contributed by atoms with E-state index in [2.05, 4.69) is 43.7 Å². The van der Waals surface area contributed by atoms with E-state index in [4.69, 9.17) is 9.47 Å². The lowest BCUT2D eigenvalue weighted by atomic mass is 10.2. The Hall–Kier alpha value is -2.21. The van der Waals surface area contributed by atoms with E-state index >= 15 is 0 Å². The molecule has 0 unspecified atom stereocenters. The maximum atomic E-state index is 5.59. The van der Waals surface area contributed by atoms with Crippen LogP contribution in [0.15, 0.2) is 51.9 Å². The van der Waals surface area contributed by atoms with Crippen molar-refractivity contribution in [2.75, 3.05) is 26.1 Å². The van der Waals surface area contributed by atoms with Crippen molar-refractivity contribution in [3.05, 3.63) is 52.5 Å². The van der Waals surface area contributed by atoms with E-state index in [-0.39, 0.29) is 0 Å². The van der Waals surface area contributed by atoms with Gasteiger partial charge in [0.2, 0.25) is 0 Å². The van der Waals surface area contributed by atoms with Gasteiger partial charge in [-0.3, -0.25) is 4.99 Å². The molecule has 2 aromatic carbocycles. The first kappa shape index (κ1) is 18.1. The van der Waals surface area contributed by atoms with Crippen LogP contribution in [0.2, 0.25) is 0 Å². The van der Waals surface area contributed by atoms with E-state index < -0.39 is 0 Å². The number of aliphatic imine (C=N–C) groups is 1. The number of anilines is 1. The molecular formula is C18H22BrN3O2. The van der Waals surface area contributed by atoms with Gasteiger partial charge < -0.3 is 20.1 Å². The Morgan fingerprint density at radius 3 is 2.50 bits per heavy atom. The molecule has 0 heterocycles. The van der Waals surface area contributed by atoms with Crippen molar-refractivity contribution >= 4 is 27.6 Å². The molecule has 128 valence electrons. The molecule has 0 aromatic heterocycles. The van der Waals surface area contributed by atoms with Gasteiger partial charge in [0.15, 0.2) is 17.5 Å². The van der Waals surface area contributed by atoms with E-state index in [9.17, 15) is 0 Å². The van der Waals surface area contributed by atoms with Crippen LogP contribution in [0.4, 0.5) is 5.69 Å². The molecule has 0 radical (unpaired) electrons. The van der Waals surface area contributed by atoms with Gasteiger partial charge in [-0.1, -0.05) is 28.1 Å². The van der Waals surface area contributed by atoms with Gasteiger partial charge in [0, 0.05) is 29.8 Å².